The highest BCUT2D eigenvalue weighted by Crippen LogP contribution is 2.00. The molecule has 0 aromatic carbocycles. The number of rotatable bonds is 7. The van der Waals surface area contributed by atoms with Gasteiger partial charge >= 0.3 is 0 Å². The zero-order valence-corrected chi connectivity index (χ0v) is 11.8. The number of nitrogens with one attached hydrogen (secondary N) is 1. The first-order valence-electron chi connectivity index (χ1n) is 6.41. The molecule has 1 aromatic rings. The number of nitrogens with zero attached hydrogens (tertiary/aromatic N) is 3. The molecule has 1 aromatic heterocycles. The summed E-state index contributed by atoms with van der Waals surface area (Å²) in [5.74, 6) is -0.256. The molecule has 1 heterocycles. The second-order valence-electron chi connectivity index (χ2n) is 4.68. The molecule has 110 valence electrons. The lowest BCUT2D eigenvalue weighted by atomic mass is 10.2. The Morgan fingerprint density at radius 1 is 1.45 bits per heavy atom. The van der Waals surface area contributed by atoms with Crippen LogP contribution in [0.3, 0.4) is 0 Å². The number of hydrogen-bond acceptors (Lipinski definition) is 5. The van der Waals surface area contributed by atoms with Crippen LogP contribution in [-0.2, 0) is 0 Å². The van der Waals surface area contributed by atoms with E-state index >= 15 is 0 Å². The summed E-state index contributed by atoms with van der Waals surface area (Å²) in [6.45, 7) is 1.62. The molecule has 1 amide bonds. The predicted molar refractivity (Wildman–Crippen MR) is 76.9 cm³/mol. The van der Waals surface area contributed by atoms with Crippen molar-refractivity contribution in [2.75, 3.05) is 27.2 Å². The smallest absolute Gasteiger partial charge is 0.269 e. The van der Waals surface area contributed by atoms with Gasteiger partial charge in [0.15, 0.2) is 5.84 Å². The van der Waals surface area contributed by atoms with Crippen molar-refractivity contribution >= 4 is 11.7 Å². The van der Waals surface area contributed by atoms with E-state index in [1.807, 2.05) is 14.1 Å². The monoisotopic (exact) mass is 279 g/mol. The molecule has 7 heteroatoms. The Labute approximate surface area is 118 Å². The standard InChI is InChI=1S/C13H21N5O2/c1-18(2)8-4-3-7-15-13(19)11-6-5-10(9-16-11)12(14)17-20/h5-6,9,20H,3-4,7-8H2,1-2H3,(H2,14,17)(H,15,19). The third-order valence-electron chi connectivity index (χ3n) is 2.72. The van der Waals surface area contributed by atoms with Crippen molar-refractivity contribution in [2.45, 2.75) is 12.8 Å². The van der Waals surface area contributed by atoms with Gasteiger partial charge in [-0.2, -0.15) is 0 Å². The summed E-state index contributed by atoms with van der Waals surface area (Å²) < 4.78 is 0. The topological polar surface area (TPSA) is 104 Å². The van der Waals surface area contributed by atoms with Crippen LogP contribution in [0.1, 0.15) is 28.9 Å². The number of carbonyl (C=O) groups is 1. The van der Waals surface area contributed by atoms with Crippen molar-refractivity contribution in [3.63, 3.8) is 0 Å². The van der Waals surface area contributed by atoms with Gasteiger partial charge in [-0.05, 0) is 45.6 Å². The molecule has 0 radical (unpaired) electrons. The molecule has 0 fully saturated rings. The quantitative estimate of drug-likeness (QED) is 0.218. The molecule has 0 aliphatic rings. The van der Waals surface area contributed by atoms with Crippen LogP contribution in [0.15, 0.2) is 23.5 Å². The van der Waals surface area contributed by atoms with Gasteiger partial charge in [-0.3, -0.25) is 9.78 Å². The summed E-state index contributed by atoms with van der Waals surface area (Å²) in [6, 6.07) is 3.13. The SMILES string of the molecule is CN(C)CCCCNC(=O)c1ccc(C(N)=NO)cn1. The van der Waals surface area contributed by atoms with Crippen LogP contribution in [0.25, 0.3) is 0 Å². The van der Waals surface area contributed by atoms with E-state index in [4.69, 9.17) is 10.9 Å². The fraction of sp³-hybridized carbons (Fsp3) is 0.462. The number of amidine groups is 1. The lowest BCUT2D eigenvalue weighted by Crippen LogP contribution is -2.26. The number of amides is 1. The minimum absolute atomic E-state index is 0.0341. The van der Waals surface area contributed by atoms with Crippen molar-refractivity contribution in [3.05, 3.63) is 29.6 Å². The highest BCUT2D eigenvalue weighted by atomic mass is 16.4. The van der Waals surface area contributed by atoms with Crippen LogP contribution in [0.5, 0.6) is 0 Å². The first-order chi connectivity index (χ1) is 9.54. The van der Waals surface area contributed by atoms with Gasteiger partial charge in [-0.1, -0.05) is 5.16 Å². The van der Waals surface area contributed by atoms with Gasteiger partial charge in [-0.25, -0.2) is 0 Å². The summed E-state index contributed by atoms with van der Waals surface area (Å²) in [4.78, 5) is 17.9. The Morgan fingerprint density at radius 2 is 2.20 bits per heavy atom. The molecule has 1 rings (SSSR count). The fourth-order valence-electron chi connectivity index (χ4n) is 1.58. The minimum atomic E-state index is -0.221. The average Bonchev–Trinajstić information content (AvgIpc) is 2.45. The second kappa shape index (κ2) is 8.11. The first-order valence-corrected chi connectivity index (χ1v) is 6.41. The van der Waals surface area contributed by atoms with Crippen molar-refractivity contribution in [3.8, 4) is 0 Å². The minimum Gasteiger partial charge on any atom is -0.409 e. The molecule has 0 saturated heterocycles. The fourth-order valence-corrected chi connectivity index (χ4v) is 1.58. The van der Waals surface area contributed by atoms with Crippen molar-refractivity contribution in [2.24, 2.45) is 10.9 Å². The van der Waals surface area contributed by atoms with Gasteiger partial charge in [0.2, 0.25) is 0 Å². The van der Waals surface area contributed by atoms with E-state index in [0.29, 0.717) is 17.8 Å². The van der Waals surface area contributed by atoms with Crippen LogP contribution < -0.4 is 11.1 Å². The van der Waals surface area contributed by atoms with Crippen molar-refractivity contribution in [1.29, 1.82) is 0 Å². The van der Waals surface area contributed by atoms with E-state index in [1.54, 1.807) is 12.1 Å². The van der Waals surface area contributed by atoms with E-state index in [2.05, 4.69) is 20.4 Å². The summed E-state index contributed by atoms with van der Waals surface area (Å²) in [5, 5.41) is 14.2. The molecule has 0 unspecified atom stereocenters. The number of pyridine rings is 1. The van der Waals surface area contributed by atoms with Gasteiger partial charge < -0.3 is 21.2 Å². The number of aromatic nitrogens is 1. The number of nitrogens with two attached hydrogens (primary N) is 1. The Bertz CT molecular complexity index is 456. The Balaban J connectivity index is 2.40. The molecule has 20 heavy (non-hydrogen) atoms. The first kappa shape index (κ1) is 15.9. The van der Waals surface area contributed by atoms with E-state index in [-0.39, 0.29) is 11.7 Å². The van der Waals surface area contributed by atoms with E-state index in [0.717, 1.165) is 19.4 Å². The summed E-state index contributed by atoms with van der Waals surface area (Å²) in [5.41, 5.74) is 6.19. The molecular weight excluding hydrogens is 258 g/mol. The van der Waals surface area contributed by atoms with Gasteiger partial charge in [-0.15, -0.1) is 0 Å². The Kier molecular flexibility index (Phi) is 6.45. The van der Waals surface area contributed by atoms with Gasteiger partial charge in [0.25, 0.3) is 5.91 Å². The normalized spacial score (nSPS) is 11.7. The molecule has 0 spiro atoms. The molecule has 0 bridgehead atoms. The number of hydrogen-bond donors (Lipinski definition) is 3. The number of carbonyl (C=O) groups excluding carboxylic acids is 1. The highest BCUT2D eigenvalue weighted by molar-refractivity contribution is 5.98. The van der Waals surface area contributed by atoms with Crippen LogP contribution >= 0.6 is 0 Å². The lowest BCUT2D eigenvalue weighted by Gasteiger charge is -2.09. The van der Waals surface area contributed by atoms with E-state index in [1.165, 1.54) is 6.20 Å². The summed E-state index contributed by atoms with van der Waals surface area (Å²) in [6.07, 6.45) is 3.35. The Morgan fingerprint density at radius 3 is 2.75 bits per heavy atom. The molecule has 0 aliphatic heterocycles. The molecule has 0 aliphatic carbocycles. The third-order valence-corrected chi connectivity index (χ3v) is 2.72. The zero-order valence-electron chi connectivity index (χ0n) is 11.8. The molecule has 4 N–H and O–H groups in total. The molecular formula is C13H21N5O2. The maximum Gasteiger partial charge on any atom is 0.269 e. The van der Waals surface area contributed by atoms with Crippen LogP contribution in [0.2, 0.25) is 0 Å². The lowest BCUT2D eigenvalue weighted by molar-refractivity contribution is 0.0948. The maximum atomic E-state index is 11.8. The summed E-state index contributed by atoms with van der Waals surface area (Å²) >= 11 is 0. The average molecular weight is 279 g/mol. The van der Waals surface area contributed by atoms with Crippen LogP contribution in [0.4, 0.5) is 0 Å². The number of unbranched alkanes of at least 4 members (excludes halogenated alkanes) is 1. The summed E-state index contributed by atoms with van der Waals surface area (Å²) in [7, 11) is 4.04. The van der Waals surface area contributed by atoms with Crippen molar-refractivity contribution < 1.29 is 10.0 Å². The van der Waals surface area contributed by atoms with Gasteiger partial charge in [0.05, 0.1) is 0 Å². The Hall–Kier alpha value is -2.15. The number of oxime groups is 1. The largest absolute Gasteiger partial charge is 0.409 e. The van der Waals surface area contributed by atoms with Crippen molar-refractivity contribution in [1.82, 2.24) is 15.2 Å². The predicted octanol–water partition coefficient (Wildman–Crippen LogP) is 0.248. The molecule has 0 atom stereocenters. The van der Waals surface area contributed by atoms with E-state index in [9.17, 15) is 4.79 Å². The van der Waals surface area contributed by atoms with E-state index < -0.39 is 0 Å². The third kappa shape index (κ3) is 5.23. The molecule has 7 nitrogen and oxygen atoms in total. The second-order valence-corrected chi connectivity index (χ2v) is 4.68. The molecule has 0 saturated carbocycles. The van der Waals surface area contributed by atoms with Crippen LogP contribution in [-0.4, -0.2) is 54.0 Å². The zero-order chi connectivity index (χ0) is 15.0. The van der Waals surface area contributed by atoms with Crippen LogP contribution in [0, 0.1) is 0 Å². The van der Waals surface area contributed by atoms with Gasteiger partial charge in [0.1, 0.15) is 5.69 Å². The van der Waals surface area contributed by atoms with Gasteiger partial charge in [0, 0.05) is 18.3 Å². The highest BCUT2D eigenvalue weighted by Gasteiger charge is 2.07. The maximum absolute atomic E-state index is 11.8.